The second kappa shape index (κ2) is 5.13. The molecule has 1 aromatic rings. The van der Waals surface area contributed by atoms with E-state index in [1.165, 1.54) is 0 Å². The van der Waals surface area contributed by atoms with E-state index in [9.17, 15) is 4.79 Å². The molecule has 0 amide bonds. The van der Waals surface area contributed by atoms with Crippen LogP contribution in [0.15, 0.2) is 24.3 Å². The third kappa shape index (κ3) is 3.41. The Hall–Kier alpha value is -1.86. The van der Waals surface area contributed by atoms with E-state index in [1.54, 1.807) is 18.2 Å². The van der Waals surface area contributed by atoms with Crippen LogP contribution < -0.4 is 5.73 Å². The molecule has 0 spiro atoms. The Balaban J connectivity index is 2.72. The second-order valence-corrected chi connectivity index (χ2v) is 3.33. The Bertz CT molecular complexity index is 396. The first kappa shape index (κ1) is 11.2. The Morgan fingerprint density at radius 2 is 2.20 bits per heavy atom. The van der Waals surface area contributed by atoms with E-state index in [2.05, 4.69) is 6.07 Å². The minimum Gasteiger partial charge on any atom is -0.481 e. The number of hydrogen-bond donors (Lipinski definition) is 2. The first-order chi connectivity index (χ1) is 7.13. The lowest BCUT2D eigenvalue weighted by molar-refractivity contribution is -0.137. The molecule has 4 heteroatoms. The van der Waals surface area contributed by atoms with Gasteiger partial charge in [0.05, 0.1) is 18.1 Å². The maximum Gasteiger partial charge on any atom is 0.304 e. The van der Waals surface area contributed by atoms with E-state index in [1.807, 2.05) is 6.07 Å². The molecule has 3 N–H and O–H groups in total. The monoisotopic (exact) mass is 204 g/mol. The van der Waals surface area contributed by atoms with Crippen molar-refractivity contribution in [1.82, 2.24) is 0 Å². The van der Waals surface area contributed by atoms with Gasteiger partial charge in [-0.05, 0) is 18.1 Å². The van der Waals surface area contributed by atoms with Crippen LogP contribution >= 0.6 is 0 Å². The number of benzene rings is 1. The normalized spacial score (nSPS) is 11.7. The molecule has 0 heterocycles. The molecule has 1 unspecified atom stereocenters. The van der Waals surface area contributed by atoms with Gasteiger partial charge < -0.3 is 10.8 Å². The van der Waals surface area contributed by atoms with Crippen LogP contribution in [0.3, 0.4) is 0 Å². The molecular formula is C11H12N2O2. The molecule has 15 heavy (non-hydrogen) atoms. The number of aliphatic carboxylic acids is 1. The highest BCUT2D eigenvalue weighted by atomic mass is 16.4. The van der Waals surface area contributed by atoms with Crippen molar-refractivity contribution < 1.29 is 9.90 Å². The Morgan fingerprint density at radius 3 is 2.80 bits per heavy atom. The van der Waals surface area contributed by atoms with Crippen LogP contribution in [-0.4, -0.2) is 17.1 Å². The maximum absolute atomic E-state index is 10.4. The molecule has 1 rings (SSSR count). The van der Waals surface area contributed by atoms with Crippen LogP contribution in [0.2, 0.25) is 0 Å². The molecule has 0 bridgehead atoms. The summed E-state index contributed by atoms with van der Waals surface area (Å²) >= 11 is 0. The Morgan fingerprint density at radius 1 is 1.53 bits per heavy atom. The highest BCUT2D eigenvalue weighted by molar-refractivity contribution is 5.67. The third-order valence-corrected chi connectivity index (χ3v) is 2.06. The van der Waals surface area contributed by atoms with Crippen LogP contribution in [0.1, 0.15) is 17.5 Å². The number of hydrogen-bond acceptors (Lipinski definition) is 3. The smallest absolute Gasteiger partial charge is 0.304 e. The van der Waals surface area contributed by atoms with Crippen molar-refractivity contribution in [3.8, 4) is 6.07 Å². The molecule has 0 saturated heterocycles. The fourth-order valence-corrected chi connectivity index (χ4v) is 1.39. The summed E-state index contributed by atoms with van der Waals surface area (Å²) in [5.41, 5.74) is 6.99. The number of carbonyl (C=O) groups is 1. The van der Waals surface area contributed by atoms with E-state index >= 15 is 0 Å². The Kier molecular flexibility index (Phi) is 3.83. The SMILES string of the molecule is N#Cc1ccccc1CC(N)CC(=O)O. The van der Waals surface area contributed by atoms with Crippen molar-refractivity contribution in [2.24, 2.45) is 5.73 Å². The van der Waals surface area contributed by atoms with Gasteiger partial charge in [-0.25, -0.2) is 0 Å². The summed E-state index contributed by atoms with van der Waals surface area (Å²) in [4.78, 5) is 10.4. The summed E-state index contributed by atoms with van der Waals surface area (Å²) in [5, 5.41) is 17.3. The van der Waals surface area contributed by atoms with Crippen LogP contribution in [-0.2, 0) is 11.2 Å². The number of carboxylic acid groups (broad SMARTS) is 1. The van der Waals surface area contributed by atoms with Crippen molar-refractivity contribution >= 4 is 5.97 Å². The van der Waals surface area contributed by atoms with E-state index < -0.39 is 12.0 Å². The average Bonchev–Trinajstić information content (AvgIpc) is 2.17. The zero-order valence-corrected chi connectivity index (χ0v) is 8.18. The summed E-state index contributed by atoms with van der Waals surface area (Å²) in [6.45, 7) is 0. The van der Waals surface area contributed by atoms with Crippen molar-refractivity contribution in [3.63, 3.8) is 0 Å². The molecular weight excluding hydrogens is 192 g/mol. The highest BCUT2D eigenvalue weighted by Gasteiger charge is 2.10. The quantitative estimate of drug-likeness (QED) is 0.762. The molecule has 0 fully saturated rings. The van der Waals surface area contributed by atoms with E-state index in [0.717, 1.165) is 5.56 Å². The third-order valence-electron chi connectivity index (χ3n) is 2.06. The Labute approximate surface area is 87.9 Å². The molecule has 0 aliphatic rings. The van der Waals surface area contributed by atoms with Crippen molar-refractivity contribution in [1.29, 1.82) is 5.26 Å². The van der Waals surface area contributed by atoms with Crippen LogP contribution in [0.5, 0.6) is 0 Å². The van der Waals surface area contributed by atoms with Gasteiger partial charge in [0.1, 0.15) is 0 Å². The molecule has 0 aliphatic heterocycles. The minimum absolute atomic E-state index is 0.0836. The first-order valence-electron chi connectivity index (χ1n) is 4.59. The average molecular weight is 204 g/mol. The predicted molar refractivity (Wildman–Crippen MR) is 55.1 cm³/mol. The van der Waals surface area contributed by atoms with Crippen molar-refractivity contribution in [2.45, 2.75) is 18.9 Å². The van der Waals surface area contributed by atoms with E-state index in [4.69, 9.17) is 16.1 Å². The van der Waals surface area contributed by atoms with Gasteiger partial charge in [-0.15, -0.1) is 0 Å². The van der Waals surface area contributed by atoms with Gasteiger partial charge in [-0.3, -0.25) is 4.79 Å². The largest absolute Gasteiger partial charge is 0.481 e. The van der Waals surface area contributed by atoms with Crippen LogP contribution in [0.4, 0.5) is 0 Å². The lowest BCUT2D eigenvalue weighted by Crippen LogP contribution is -2.26. The van der Waals surface area contributed by atoms with Crippen molar-refractivity contribution in [2.75, 3.05) is 0 Å². The zero-order valence-electron chi connectivity index (χ0n) is 8.18. The molecule has 0 aliphatic carbocycles. The zero-order chi connectivity index (χ0) is 11.3. The number of nitriles is 1. The highest BCUT2D eigenvalue weighted by Crippen LogP contribution is 2.10. The molecule has 0 radical (unpaired) electrons. The molecule has 1 aromatic carbocycles. The summed E-state index contributed by atoms with van der Waals surface area (Å²) in [6.07, 6.45) is 0.329. The van der Waals surface area contributed by atoms with E-state index in [0.29, 0.717) is 12.0 Å². The van der Waals surface area contributed by atoms with Gasteiger partial charge in [0.15, 0.2) is 0 Å². The molecule has 1 atom stereocenters. The summed E-state index contributed by atoms with van der Waals surface area (Å²) in [5.74, 6) is -0.920. The number of nitrogens with zero attached hydrogens (tertiary/aromatic N) is 1. The summed E-state index contributed by atoms with van der Waals surface area (Å²) in [6, 6.07) is 8.67. The van der Waals surface area contributed by atoms with Gasteiger partial charge in [-0.2, -0.15) is 5.26 Å². The lowest BCUT2D eigenvalue weighted by Gasteiger charge is -2.09. The fraction of sp³-hybridized carbons (Fsp3) is 0.273. The van der Waals surface area contributed by atoms with Crippen molar-refractivity contribution in [3.05, 3.63) is 35.4 Å². The van der Waals surface area contributed by atoms with E-state index in [-0.39, 0.29) is 6.42 Å². The molecule has 4 nitrogen and oxygen atoms in total. The van der Waals surface area contributed by atoms with Gasteiger partial charge in [0.2, 0.25) is 0 Å². The van der Waals surface area contributed by atoms with Gasteiger partial charge in [0, 0.05) is 6.04 Å². The molecule has 0 saturated carbocycles. The molecule has 78 valence electrons. The van der Waals surface area contributed by atoms with Gasteiger partial charge in [-0.1, -0.05) is 18.2 Å². The second-order valence-electron chi connectivity index (χ2n) is 3.33. The lowest BCUT2D eigenvalue weighted by atomic mass is 10.00. The minimum atomic E-state index is -0.920. The first-order valence-corrected chi connectivity index (χ1v) is 4.59. The maximum atomic E-state index is 10.4. The number of nitrogens with two attached hydrogens (primary N) is 1. The van der Waals surface area contributed by atoms with Crippen LogP contribution in [0.25, 0.3) is 0 Å². The van der Waals surface area contributed by atoms with Gasteiger partial charge >= 0.3 is 5.97 Å². The summed E-state index contributed by atoms with van der Waals surface area (Å²) in [7, 11) is 0. The molecule has 0 aromatic heterocycles. The standard InChI is InChI=1S/C11H12N2O2/c12-7-9-4-2-1-3-8(9)5-10(13)6-11(14)15/h1-4,10H,5-6,13H2,(H,14,15). The summed E-state index contributed by atoms with van der Waals surface area (Å²) < 4.78 is 0. The topological polar surface area (TPSA) is 87.1 Å². The number of carboxylic acids is 1. The predicted octanol–water partition coefficient (Wildman–Crippen LogP) is 0.903. The van der Waals surface area contributed by atoms with Gasteiger partial charge in [0.25, 0.3) is 0 Å². The fourth-order valence-electron chi connectivity index (χ4n) is 1.39. The van der Waals surface area contributed by atoms with Crippen LogP contribution in [0, 0.1) is 11.3 Å². The number of rotatable bonds is 4.